The summed E-state index contributed by atoms with van der Waals surface area (Å²) in [7, 11) is 0.779. The van der Waals surface area contributed by atoms with Crippen LogP contribution < -0.4 is 15.0 Å². The molecule has 0 radical (unpaired) electrons. The average Bonchev–Trinajstić information content (AvgIpc) is 3.02. The highest BCUT2D eigenvalue weighted by atomic mass is 32.1. The van der Waals surface area contributed by atoms with Crippen molar-refractivity contribution in [2.75, 3.05) is 7.11 Å². The molecule has 2 saturated heterocycles. The summed E-state index contributed by atoms with van der Waals surface area (Å²) in [6.07, 6.45) is 0. The van der Waals surface area contributed by atoms with Crippen molar-refractivity contribution in [1.29, 1.82) is 0 Å². The van der Waals surface area contributed by atoms with Gasteiger partial charge in [0.2, 0.25) is 0 Å². The Morgan fingerprint density at radius 1 is 0.760 bits per heavy atom. The minimum absolute atomic E-state index is 0.376. The zero-order valence-corrected chi connectivity index (χ0v) is 17.5. The van der Waals surface area contributed by atoms with Crippen LogP contribution in [0.5, 0.6) is 5.06 Å². The van der Waals surface area contributed by atoms with E-state index in [4.69, 9.17) is 23.4 Å². The Morgan fingerprint density at radius 2 is 1.16 bits per heavy atom. The molecular formula is C17H28B2O5S. The fraction of sp³-hybridized carbons (Fsp3) is 0.765. The Bertz CT molecular complexity index is 636. The molecule has 0 aliphatic carbocycles. The molecule has 0 unspecified atom stereocenters. The fourth-order valence-electron chi connectivity index (χ4n) is 2.78. The maximum absolute atomic E-state index is 6.17. The topological polar surface area (TPSA) is 46.2 Å². The molecule has 2 fully saturated rings. The van der Waals surface area contributed by atoms with Crippen LogP contribution in [0.15, 0.2) is 6.07 Å². The number of methoxy groups -OCH3 is 1. The summed E-state index contributed by atoms with van der Waals surface area (Å²) in [6, 6.07) is 2.02. The molecule has 0 aromatic carbocycles. The number of thiophene rings is 1. The zero-order valence-electron chi connectivity index (χ0n) is 16.7. The second kappa shape index (κ2) is 5.73. The van der Waals surface area contributed by atoms with Crippen molar-refractivity contribution >= 4 is 35.8 Å². The van der Waals surface area contributed by atoms with E-state index < -0.39 is 25.4 Å². The van der Waals surface area contributed by atoms with Crippen LogP contribution >= 0.6 is 11.3 Å². The minimum atomic E-state index is -0.465. The summed E-state index contributed by atoms with van der Waals surface area (Å²) in [6.45, 7) is 16.4. The van der Waals surface area contributed by atoms with E-state index in [1.807, 2.05) is 61.5 Å². The van der Waals surface area contributed by atoms with E-state index in [1.165, 1.54) is 11.3 Å². The minimum Gasteiger partial charge on any atom is -0.488 e. The van der Waals surface area contributed by atoms with Crippen molar-refractivity contribution in [2.24, 2.45) is 0 Å². The summed E-state index contributed by atoms with van der Waals surface area (Å²) >= 11 is 1.51. The Morgan fingerprint density at radius 3 is 1.56 bits per heavy atom. The van der Waals surface area contributed by atoms with Gasteiger partial charge in [0.15, 0.2) is 5.06 Å². The summed E-state index contributed by atoms with van der Waals surface area (Å²) in [5.74, 6) is 0. The van der Waals surface area contributed by atoms with Gasteiger partial charge >= 0.3 is 14.2 Å². The second-order valence-electron chi connectivity index (χ2n) is 8.77. The summed E-state index contributed by atoms with van der Waals surface area (Å²) in [4.78, 5) is 0. The molecule has 25 heavy (non-hydrogen) atoms. The van der Waals surface area contributed by atoms with E-state index in [-0.39, 0.29) is 11.2 Å². The third-order valence-electron chi connectivity index (χ3n) is 5.92. The lowest BCUT2D eigenvalue weighted by Gasteiger charge is -2.32. The first-order valence-corrected chi connectivity index (χ1v) is 9.50. The lowest BCUT2D eigenvalue weighted by molar-refractivity contribution is 0.00578. The summed E-state index contributed by atoms with van der Waals surface area (Å²) < 4.78 is 31.2. The van der Waals surface area contributed by atoms with Gasteiger partial charge in [0.05, 0.1) is 29.5 Å². The highest BCUT2D eigenvalue weighted by Gasteiger charge is 2.55. The van der Waals surface area contributed by atoms with E-state index in [1.54, 1.807) is 7.11 Å². The molecule has 0 bridgehead atoms. The third-order valence-corrected chi connectivity index (χ3v) is 7.06. The normalized spacial score (nSPS) is 26.3. The smallest absolute Gasteiger partial charge is 0.488 e. The number of hydrogen-bond donors (Lipinski definition) is 0. The van der Waals surface area contributed by atoms with Gasteiger partial charge in [-0.05, 0) is 61.5 Å². The first kappa shape index (κ1) is 19.2. The van der Waals surface area contributed by atoms with Gasteiger partial charge in [-0.1, -0.05) is 0 Å². The summed E-state index contributed by atoms with van der Waals surface area (Å²) in [5.41, 5.74) is -0.654. The van der Waals surface area contributed by atoms with Gasteiger partial charge in [-0.3, -0.25) is 0 Å². The average molecular weight is 366 g/mol. The van der Waals surface area contributed by atoms with Crippen LogP contribution in [0.25, 0.3) is 0 Å². The van der Waals surface area contributed by atoms with E-state index >= 15 is 0 Å². The molecule has 1 aromatic rings. The van der Waals surface area contributed by atoms with E-state index in [9.17, 15) is 0 Å². The second-order valence-corrected chi connectivity index (χ2v) is 9.82. The lowest BCUT2D eigenvalue weighted by Crippen LogP contribution is -2.41. The molecular weight excluding hydrogens is 338 g/mol. The van der Waals surface area contributed by atoms with Crippen LogP contribution in [0.2, 0.25) is 0 Å². The van der Waals surface area contributed by atoms with Crippen molar-refractivity contribution in [1.82, 2.24) is 0 Å². The SMILES string of the molecule is COc1sc(B2OC(C)(C)C(C)(C)O2)cc1B1OC(C)(C)C(C)(C)O1. The van der Waals surface area contributed by atoms with E-state index in [0.717, 1.165) is 15.3 Å². The standard InChI is InChI=1S/C17H28B2O5S/c1-14(2)15(3,4)22-18(21-14)11-10-12(25-13(11)20-9)19-23-16(5,6)17(7,8)24-19/h10H,1-9H3. The van der Waals surface area contributed by atoms with Crippen LogP contribution in [0, 0.1) is 0 Å². The highest BCUT2D eigenvalue weighted by Crippen LogP contribution is 2.39. The maximum atomic E-state index is 6.17. The molecule has 8 heteroatoms. The van der Waals surface area contributed by atoms with Gasteiger partial charge in [0.1, 0.15) is 0 Å². The molecule has 0 amide bonds. The molecule has 138 valence electrons. The molecule has 2 aliphatic rings. The van der Waals surface area contributed by atoms with Crippen molar-refractivity contribution in [3.05, 3.63) is 6.07 Å². The van der Waals surface area contributed by atoms with Crippen LogP contribution in [0.3, 0.4) is 0 Å². The van der Waals surface area contributed by atoms with Crippen LogP contribution in [-0.2, 0) is 18.6 Å². The van der Waals surface area contributed by atoms with Crippen LogP contribution in [0.4, 0.5) is 0 Å². The maximum Gasteiger partial charge on any atom is 0.505 e. The van der Waals surface area contributed by atoms with Gasteiger partial charge in [-0.15, -0.1) is 11.3 Å². The van der Waals surface area contributed by atoms with Gasteiger partial charge in [0.25, 0.3) is 0 Å². The monoisotopic (exact) mass is 366 g/mol. The van der Waals surface area contributed by atoms with Crippen molar-refractivity contribution < 1.29 is 23.4 Å². The Hall–Kier alpha value is -0.530. The molecule has 3 rings (SSSR count). The van der Waals surface area contributed by atoms with Crippen LogP contribution in [0.1, 0.15) is 55.4 Å². The predicted octanol–water partition coefficient (Wildman–Crippen LogP) is 2.36. The molecule has 5 nitrogen and oxygen atoms in total. The number of hydrogen-bond acceptors (Lipinski definition) is 6. The Balaban J connectivity index is 1.90. The first-order valence-electron chi connectivity index (χ1n) is 8.68. The van der Waals surface area contributed by atoms with Gasteiger partial charge in [0, 0.05) is 10.2 Å². The molecule has 0 atom stereocenters. The fourth-order valence-corrected chi connectivity index (χ4v) is 3.73. The van der Waals surface area contributed by atoms with Crippen molar-refractivity contribution in [3.8, 4) is 5.06 Å². The van der Waals surface area contributed by atoms with Crippen molar-refractivity contribution in [3.63, 3.8) is 0 Å². The predicted molar refractivity (Wildman–Crippen MR) is 102 cm³/mol. The zero-order chi connectivity index (χ0) is 18.8. The molecule has 0 saturated carbocycles. The molecule has 3 heterocycles. The van der Waals surface area contributed by atoms with Gasteiger partial charge < -0.3 is 23.4 Å². The third kappa shape index (κ3) is 3.06. The van der Waals surface area contributed by atoms with Gasteiger partial charge in [-0.2, -0.15) is 0 Å². The Labute approximate surface area is 155 Å². The van der Waals surface area contributed by atoms with Crippen molar-refractivity contribution in [2.45, 2.75) is 77.8 Å². The quantitative estimate of drug-likeness (QED) is 0.769. The van der Waals surface area contributed by atoms with E-state index in [2.05, 4.69) is 0 Å². The molecule has 2 aliphatic heterocycles. The van der Waals surface area contributed by atoms with E-state index in [0.29, 0.717) is 0 Å². The summed E-state index contributed by atoms with van der Waals surface area (Å²) in [5, 5.41) is 0.767. The largest absolute Gasteiger partial charge is 0.505 e. The molecule has 0 spiro atoms. The number of rotatable bonds is 3. The molecule has 1 aromatic heterocycles. The highest BCUT2D eigenvalue weighted by molar-refractivity contribution is 7.25. The van der Waals surface area contributed by atoms with Crippen LogP contribution in [-0.4, -0.2) is 43.8 Å². The first-order chi connectivity index (χ1) is 11.3. The number of ether oxygens (including phenoxy) is 1. The Kier molecular flexibility index (Phi) is 4.41. The lowest BCUT2D eigenvalue weighted by atomic mass is 9.77. The molecule has 0 N–H and O–H groups in total. The van der Waals surface area contributed by atoms with Gasteiger partial charge in [-0.25, -0.2) is 0 Å².